The Labute approximate surface area is 130 Å². The highest BCUT2D eigenvalue weighted by Crippen LogP contribution is 2.20. The number of anilines is 1. The SMILES string of the molecule is CC1CC(NS(=O)(=O)CCSc2ccc(N)cc2)CCO1. The molecular weight excluding hydrogens is 308 g/mol. The van der Waals surface area contributed by atoms with Gasteiger partial charge >= 0.3 is 0 Å². The number of nitrogens with two attached hydrogens (primary N) is 1. The fourth-order valence-electron chi connectivity index (χ4n) is 2.25. The summed E-state index contributed by atoms with van der Waals surface area (Å²) in [5, 5.41) is 0. The Morgan fingerprint density at radius 3 is 2.76 bits per heavy atom. The van der Waals surface area contributed by atoms with Crippen LogP contribution in [0.3, 0.4) is 0 Å². The lowest BCUT2D eigenvalue weighted by Gasteiger charge is -2.27. The van der Waals surface area contributed by atoms with E-state index in [1.807, 2.05) is 31.2 Å². The minimum absolute atomic E-state index is 0.000253. The van der Waals surface area contributed by atoms with Crippen molar-refractivity contribution in [3.63, 3.8) is 0 Å². The number of hydrogen-bond donors (Lipinski definition) is 2. The van der Waals surface area contributed by atoms with E-state index in [0.717, 1.165) is 17.7 Å². The van der Waals surface area contributed by atoms with Crippen LogP contribution < -0.4 is 10.5 Å². The van der Waals surface area contributed by atoms with Gasteiger partial charge in [0.15, 0.2) is 0 Å². The first kappa shape index (κ1) is 16.6. The zero-order chi connectivity index (χ0) is 15.3. The number of nitrogens with one attached hydrogen (secondary N) is 1. The summed E-state index contributed by atoms with van der Waals surface area (Å²) in [7, 11) is -3.23. The number of nitrogen functional groups attached to an aromatic ring is 1. The molecule has 5 nitrogen and oxygen atoms in total. The summed E-state index contributed by atoms with van der Waals surface area (Å²) >= 11 is 1.52. The van der Waals surface area contributed by atoms with Crippen LogP contribution in [0.15, 0.2) is 29.2 Å². The molecule has 0 radical (unpaired) electrons. The minimum atomic E-state index is -3.23. The van der Waals surface area contributed by atoms with E-state index in [0.29, 0.717) is 18.0 Å². The summed E-state index contributed by atoms with van der Waals surface area (Å²) < 4.78 is 32.3. The Bertz CT molecular complexity index is 546. The summed E-state index contributed by atoms with van der Waals surface area (Å²) in [5.41, 5.74) is 6.32. The number of hydrogen-bond acceptors (Lipinski definition) is 5. The molecule has 0 aliphatic carbocycles. The Balaban J connectivity index is 1.77. The van der Waals surface area contributed by atoms with E-state index < -0.39 is 10.0 Å². The average Bonchev–Trinajstić information content (AvgIpc) is 2.40. The van der Waals surface area contributed by atoms with Crippen LogP contribution >= 0.6 is 11.8 Å². The standard InChI is InChI=1S/C14H22N2O3S2/c1-11-10-13(6-7-19-11)16-21(17,18)9-8-20-14-4-2-12(15)3-5-14/h2-5,11,13,16H,6-10,15H2,1H3. The zero-order valence-corrected chi connectivity index (χ0v) is 13.8. The van der Waals surface area contributed by atoms with E-state index in [1.54, 1.807) is 0 Å². The number of benzene rings is 1. The Morgan fingerprint density at radius 1 is 1.38 bits per heavy atom. The first-order valence-electron chi connectivity index (χ1n) is 7.04. The molecule has 1 fully saturated rings. The lowest BCUT2D eigenvalue weighted by molar-refractivity contribution is 0.0173. The monoisotopic (exact) mass is 330 g/mol. The summed E-state index contributed by atoms with van der Waals surface area (Å²) in [5.74, 6) is 0.645. The van der Waals surface area contributed by atoms with Crippen LogP contribution in [-0.2, 0) is 14.8 Å². The third-order valence-electron chi connectivity index (χ3n) is 3.33. The molecule has 0 saturated carbocycles. The summed E-state index contributed by atoms with van der Waals surface area (Å²) in [6.07, 6.45) is 1.61. The van der Waals surface area contributed by atoms with E-state index in [4.69, 9.17) is 10.5 Å². The molecule has 7 heteroatoms. The first-order chi connectivity index (χ1) is 9.94. The third kappa shape index (κ3) is 5.86. The van der Waals surface area contributed by atoms with Crippen molar-refractivity contribution in [2.75, 3.05) is 23.8 Å². The average molecular weight is 330 g/mol. The van der Waals surface area contributed by atoms with Gasteiger partial charge < -0.3 is 10.5 Å². The van der Waals surface area contributed by atoms with Gasteiger partial charge in [0.05, 0.1) is 11.9 Å². The Kier molecular flexibility index (Phi) is 5.92. The predicted octanol–water partition coefficient (Wildman–Crippen LogP) is 1.85. The van der Waals surface area contributed by atoms with Gasteiger partial charge in [-0.2, -0.15) is 0 Å². The van der Waals surface area contributed by atoms with Crippen molar-refractivity contribution < 1.29 is 13.2 Å². The van der Waals surface area contributed by atoms with Crippen LogP contribution in [0.2, 0.25) is 0 Å². The molecule has 21 heavy (non-hydrogen) atoms. The molecule has 2 atom stereocenters. The van der Waals surface area contributed by atoms with Crippen molar-refractivity contribution in [1.82, 2.24) is 4.72 Å². The van der Waals surface area contributed by atoms with Crippen molar-refractivity contribution in [3.8, 4) is 0 Å². The highest BCUT2D eigenvalue weighted by atomic mass is 32.2. The van der Waals surface area contributed by atoms with Crippen LogP contribution in [0.1, 0.15) is 19.8 Å². The topological polar surface area (TPSA) is 81.4 Å². The lowest BCUT2D eigenvalue weighted by atomic mass is 10.1. The maximum Gasteiger partial charge on any atom is 0.212 e. The van der Waals surface area contributed by atoms with Crippen molar-refractivity contribution in [2.24, 2.45) is 0 Å². The molecule has 1 aromatic rings. The molecule has 118 valence electrons. The van der Waals surface area contributed by atoms with E-state index in [9.17, 15) is 8.42 Å². The molecule has 0 bridgehead atoms. The van der Waals surface area contributed by atoms with Gasteiger partial charge in [-0.15, -0.1) is 11.8 Å². The highest BCUT2D eigenvalue weighted by Gasteiger charge is 2.23. The van der Waals surface area contributed by atoms with Gasteiger partial charge in [0.25, 0.3) is 0 Å². The molecule has 3 N–H and O–H groups in total. The van der Waals surface area contributed by atoms with E-state index in [-0.39, 0.29) is 17.9 Å². The second kappa shape index (κ2) is 7.49. The summed E-state index contributed by atoms with van der Waals surface area (Å²) in [4.78, 5) is 1.03. The second-order valence-corrected chi connectivity index (χ2v) is 8.30. The largest absolute Gasteiger partial charge is 0.399 e. The second-order valence-electron chi connectivity index (χ2n) is 5.26. The number of ether oxygens (including phenoxy) is 1. The fourth-order valence-corrected chi connectivity index (χ4v) is 4.87. The lowest BCUT2D eigenvalue weighted by Crippen LogP contribution is -2.42. The van der Waals surface area contributed by atoms with Crippen molar-refractivity contribution in [3.05, 3.63) is 24.3 Å². The van der Waals surface area contributed by atoms with Gasteiger partial charge in [-0.25, -0.2) is 13.1 Å². The molecule has 1 heterocycles. The smallest absolute Gasteiger partial charge is 0.212 e. The molecule has 1 aliphatic heterocycles. The molecule has 0 aromatic heterocycles. The minimum Gasteiger partial charge on any atom is -0.399 e. The van der Waals surface area contributed by atoms with Crippen LogP contribution in [0.25, 0.3) is 0 Å². The number of sulfonamides is 1. The summed E-state index contributed by atoms with van der Waals surface area (Å²) in [6, 6.07) is 7.44. The van der Waals surface area contributed by atoms with E-state index >= 15 is 0 Å². The molecule has 0 spiro atoms. The molecular formula is C14H22N2O3S2. The molecule has 1 aliphatic rings. The van der Waals surface area contributed by atoms with Crippen LogP contribution in [0, 0.1) is 0 Å². The van der Waals surface area contributed by atoms with Crippen LogP contribution in [0.4, 0.5) is 5.69 Å². The van der Waals surface area contributed by atoms with Crippen molar-refractivity contribution in [2.45, 2.75) is 36.8 Å². The van der Waals surface area contributed by atoms with Gasteiger partial charge in [-0.05, 0) is 44.0 Å². The molecule has 0 amide bonds. The van der Waals surface area contributed by atoms with Gasteiger partial charge in [-0.1, -0.05) is 0 Å². The Hall–Kier alpha value is -0.760. The zero-order valence-electron chi connectivity index (χ0n) is 12.1. The molecule has 2 unspecified atom stereocenters. The number of thioether (sulfide) groups is 1. The van der Waals surface area contributed by atoms with Crippen LogP contribution in [-0.4, -0.2) is 38.7 Å². The third-order valence-corrected chi connectivity index (χ3v) is 6.04. The summed E-state index contributed by atoms with van der Waals surface area (Å²) in [6.45, 7) is 2.59. The van der Waals surface area contributed by atoms with Crippen molar-refractivity contribution in [1.29, 1.82) is 0 Å². The molecule has 1 saturated heterocycles. The maximum atomic E-state index is 12.1. The fraction of sp³-hybridized carbons (Fsp3) is 0.571. The quantitative estimate of drug-likeness (QED) is 0.614. The van der Waals surface area contributed by atoms with Crippen molar-refractivity contribution >= 4 is 27.5 Å². The molecule has 1 aromatic carbocycles. The maximum absolute atomic E-state index is 12.1. The van der Waals surface area contributed by atoms with Gasteiger partial charge in [0, 0.05) is 29.0 Å². The van der Waals surface area contributed by atoms with E-state index in [2.05, 4.69) is 4.72 Å². The first-order valence-corrected chi connectivity index (χ1v) is 9.68. The number of rotatable bonds is 6. The van der Waals surface area contributed by atoms with Gasteiger partial charge in [-0.3, -0.25) is 0 Å². The Morgan fingerprint density at radius 2 is 2.10 bits per heavy atom. The normalized spacial score (nSPS) is 23.1. The predicted molar refractivity (Wildman–Crippen MR) is 86.9 cm³/mol. The van der Waals surface area contributed by atoms with Gasteiger partial charge in [0.2, 0.25) is 10.0 Å². The van der Waals surface area contributed by atoms with Gasteiger partial charge in [0.1, 0.15) is 0 Å². The van der Waals surface area contributed by atoms with E-state index in [1.165, 1.54) is 11.8 Å². The molecule has 2 rings (SSSR count). The van der Waals surface area contributed by atoms with Crippen LogP contribution in [0.5, 0.6) is 0 Å². The highest BCUT2D eigenvalue weighted by molar-refractivity contribution is 8.00.